The molecule has 1 unspecified atom stereocenters. The van der Waals surface area contributed by atoms with E-state index in [-0.39, 0.29) is 5.91 Å². The zero-order valence-corrected chi connectivity index (χ0v) is 17.6. The Kier molecular flexibility index (Phi) is 5.56. The number of hydrogen-bond acceptors (Lipinski definition) is 4. The molecule has 0 spiro atoms. The highest BCUT2D eigenvalue weighted by Gasteiger charge is 2.32. The summed E-state index contributed by atoms with van der Waals surface area (Å²) in [6.45, 7) is 1.40. The molecule has 4 rings (SSSR count). The van der Waals surface area contributed by atoms with Gasteiger partial charge in [0.1, 0.15) is 6.04 Å². The predicted molar refractivity (Wildman–Crippen MR) is 117 cm³/mol. The van der Waals surface area contributed by atoms with Crippen LogP contribution in [-0.2, 0) is 9.59 Å². The number of thiophene rings is 1. The quantitative estimate of drug-likeness (QED) is 0.678. The number of rotatable bonds is 5. The van der Waals surface area contributed by atoms with E-state index in [1.807, 2.05) is 24.3 Å². The Morgan fingerprint density at radius 2 is 1.79 bits per heavy atom. The van der Waals surface area contributed by atoms with Crippen molar-refractivity contribution in [3.05, 3.63) is 48.0 Å². The number of carboxylic acid groups (broad SMARTS) is 1. The minimum atomic E-state index is -0.813. The van der Waals surface area contributed by atoms with Crippen molar-refractivity contribution in [2.45, 2.75) is 25.3 Å². The van der Waals surface area contributed by atoms with Crippen molar-refractivity contribution in [3.8, 4) is 0 Å². The lowest BCUT2D eigenvalue weighted by atomic mass is 9.91. The van der Waals surface area contributed by atoms with Gasteiger partial charge in [0.2, 0.25) is 5.91 Å². The maximum Gasteiger partial charge on any atom is 0.325 e. The highest BCUT2D eigenvalue weighted by molar-refractivity contribution is 7.25. The van der Waals surface area contributed by atoms with Crippen molar-refractivity contribution in [2.24, 2.45) is 5.92 Å². The molecule has 0 saturated carbocycles. The molecule has 1 amide bonds. The first-order chi connectivity index (χ1) is 13.9. The molecule has 1 fully saturated rings. The molecule has 1 aliphatic heterocycles. The average Bonchev–Trinajstić information content (AvgIpc) is 3.07. The van der Waals surface area contributed by atoms with Crippen LogP contribution in [0.4, 0.5) is 0 Å². The van der Waals surface area contributed by atoms with Crippen LogP contribution in [0.3, 0.4) is 0 Å². The lowest BCUT2D eigenvalue weighted by Gasteiger charge is -2.36. The van der Waals surface area contributed by atoms with E-state index >= 15 is 0 Å². The Balaban J connectivity index is 1.56. The van der Waals surface area contributed by atoms with Crippen molar-refractivity contribution in [3.63, 3.8) is 0 Å². The molecule has 1 aromatic heterocycles. The molecule has 6 heteroatoms. The molecule has 1 atom stereocenters. The van der Waals surface area contributed by atoms with Crippen molar-refractivity contribution in [1.29, 1.82) is 0 Å². The van der Waals surface area contributed by atoms with Gasteiger partial charge < -0.3 is 10.0 Å². The van der Waals surface area contributed by atoms with Crippen LogP contribution in [-0.4, -0.2) is 54.0 Å². The summed E-state index contributed by atoms with van der Waals surface area (Å²) in [5, 5.41) is 12.3. The van der Waals surface area contributed by atoms with E-state index in [0.717, 1.165) is 23.8 Å². The smallest absolute Gasteiger partial charge is 0.325 e. The third kappa shape index (κ3) is 4.00. The second-order valence-corrected chi connectivity index (χ2v) is 9.15. The monoisotopic (exact) mass is 410 g/mol. The molecule has 2 aromatic carbocycles. The van der Waals surface area contributed by atoms with Gasteiger partial charge in [0.15, 0.2) is 0 Å². The van der Waals surface area contributed by atoms with Crippen LogP contribution < -0.4 is 0 Å². The van der Waals surface area contributed by atoms with Crippen molar-refractivity contribution >= 4 is 43.4 Å². The number of likely N-dealkylation sites (tertiary alicyclic amines) is 1. The zero-order chi connectivity index (χ0) is 20.5. The van der Waals surface area contributed by atoms with E-state index in [1.165, 1.54) is 14.8 Å². The second-order valence-electron chi connectivity index (χ2n) is 8.07. The number of piperidine rings is 1. The van der Waals surface area contributed by atoms with E-state index in [1.54, 1.807) is 30.3 Å². The number of hydrogen-bond donors (Lipinski definition) is 1. The molecule has 0 aliphatic carbocycles. The topological polar surface area (TPSA) is 60.9 Å². The number of carbonyl (C=O) groups excluding carboxylic acids is 1. The Morgan fingerprint density at radius 3 is 2.48 bits per heavy atom. The first kappa shape index (κ1) is 19.9. The number of amides is 1. The van der Waals surface area contributed by atoms with Crippen LogP contribution in [0, 0.1) is 5.92 Å². The molecule has 1 aliphatic rings. The first-order valence-corrected chi connectivity index (χ1v) is 10.8. The van der Waals surface area contributed by atoms with Crippen LogP contribution in [0.2, 0.25) is 0 Å². The van der Waals surface area contributed by atoms with Crippen LogP contribution in [0.1, 0.15) is 30.9 Å². The Labute approximate surface area is 174 Å². The maximum atomic E-state index is 12.2. The molecular weight excluding hydrogens is 384 g/mol. The fraction of sp³-hybridized carbons (Fsp3) is 0.391. The summed E-state index contributed by atoms with van der Waals surface area (Å²) < 4.78 is 2.40. The molecule has 152 valence electrons. The van der Waals surface area contributed by atoms with Gasteiger partial charge in [-0.25, -0.2) is 0 Å². The second kappa shape index (κ2) is 8.13. The number of aliphatic carboxylic acids is 1. The van der Waals surface area contributed by atoms with Crippen LogP contribution in [0.15, 0.2) is 42.5 Å². The molecule has 0 radical (unpaired) electrons. The predicted octanol–water partition coefficient (Wildman–Crippen LogP) is 4.37. The van der Waals surface area contributed by atoms with E-state index < -0.39 is 12.0 Å². The molecule has 1 N–H and O–H groups in total. The van der Waals surface area contributed by atoms with Gasteiger partial charge >= 0.3 is 5.97 Å². The lowest BCUT2D eigenvalue weighted by molar-refractivity contribution is -0.144. The Bertz CT molecular complexity index is 1050. The number of fused-ring (bicyclic) bond motifs is 3. The van der Waals surface area contributed by atoms with Crippen LogP contribution >= 0.6 is 11.3 Å². The van der Waals surface area contributed by atoms with Gasteiger partial charge in [0.05, 0.1) is 0 Å². The number of nitrogens with zero attached hydrogens (tertiary/aromatic N) is 2. The molecule has 2 heterocycles. The van der Waals surface area contributed by atoms with E-state index in [9.17, 15) is 14.7 Å². The Hall–Kier alpha value is -2.44. The summed E-state index contributed by atoms with van der Waals surface area (Å²) in [5.74, 6) is -0.335. The van der Waals surface area contributed by atoms with Crippen molar-refractivity contribution < 1.29 is 14.7 Å². The largest absolute Gasteiger partial charge is 0.480 e. The SMILES string of the molecule is CN(C)C(=O)CC1CCN(C(C(=O)O)c2ccc3sc4ccccc4c3c2)CC1. The minimum absolute atomic E-state index is 0.146. The molecule has 29 heavy (non-hydrogen) atoms. The Morgan fingerprint density at radius 1 is 1.10 bits per heavy atom. The molecule has 0 bridgehead atoms. The van der Waals surface area contributed by atoms with Gasteiger partial charge in [-0.1, -0.05) is 24.3 Å². The fourth-order valence-electron chi connectivity index (χ4n) is 4.27. The fourth-order valence-corrected chi connectivity index (χ4v) is 5.35. The van der Waals surface area contributed by atoms with Gasteiger partial charge in [-0.15, -0.1) is 11.3 Å². The third-order valence-electron chi connectivity index (χ3n) is 5.93. The van der Waals surface area contributed by atoms with Gasteiger partial charge in [-0.2, -0.15) is 0 Å². The van der Waals surface area contributed by atoms with Crippen LogP contribution in [0.5, 0.6) is 0 Å². The molecule has 3 aromatic rings. The highest BCUT2D eigenvalue weighted by atomic mass is 32.1. The van der Waals surface area contributed by atoms with E-state index in [4.69, 9.17) is 0 Å². The zero-order valence-electron chi connectivity index (χ0n) is 16.8. The van der Waals surface area contributed by atoms with Crippen molar-refractivity contribution in [1.82, 2.24) is 9.80 Å². The summed E-state index contributed by atoms with van der Waals surface area (Å²) in [6.07, 6.45) is 2.26. The summed E-state index contributed by atoms with van der Waals surface area (Å²) >= 11 is 1.74. The van der Waals surface area contributed by atoms with E-state index in [0.29, 0.717) is 25.4 Å². The summed E-state index contributed by atoms with van der Waals surface area (Å²) in [5.41, 5.74) is 0.830. The molecule has 5 nitrogen and oxygen atoms in total. The average molecular weight is 411 g/mol. The first-order valence-electron chi connectivity index (χ1n) is 10.0. The molecule has 1 saturated heterocycles. The highest BCUT2D eigenvalue weighted by Crippen LogP contribution is 2.37. The minimum Gasteiger partial charge on any atom is -0.480 e. The van der Waals surface area contributed by atoms with Gasteiger partial charge in [0.25, 0.3) is 0 Å². The van der Waals surface area contributed by atoms with Gasteiger partial charge in [0, 0.05) is 40.7 Å². The maximum absolute atomic E-state index is 12.2. The number of carboxylic acids is 1. The summed E-state index contributed by atoms with van der Waals surface area (Å²) in [4.78, 5) is 27.8. The normalized spacial score (nSPS) is 16.9. The van der Waals surface area contributed by atoms with E-state index in [2.05, 4.69) is 23.1 Å². The van der Waals surface area contributed by atoms with Crippen LogP contribution in [0.25, 0.3) is 20.2 Å². The van der Waals surface area contributed by atoms with Crippen molar-refractivity contribution in [2.75, 3.05) is 27.2 Å². The number of benzene rings is 2. The standard InChI is InChI=1S/C23H26N2O3S/c1-24(2)21(26)13-15-9-11-25(12-10-15)22(23(27)28)16-7-8-20-18(14-16)17-5-3-4-6-19(17)29-20/h3-8,14-15,22H,9-13H2,1-2H3,(H,27,28). The van der Waals surface area contributed by atoms with Gasteiger partial charge in [-0.3, -0.25) is 14.5 Å². The molecular formula is C23H26N2O3S. The summed E-state index contributed by atoms with van der Waals surface area (Å²) in [6, 6.07) is 13.7. The lowest BCUT2D eigenvalue weighted by Crippen LogP contribution is -2.41. The summed E-state index contributed by atoms with van der Waals surface area (Å²) in [7, 11) is 3.56. The number of carbonyl (C=O) groups is 2. The van der Waals surface area contributed by atoms with Gasteiger partial charge in [-0.05, 0) is 55.6 Å². The third-order valence-corrected chi connectivity index (χ3v) is 7.08.